The standard InChI is InChI=1S/C19H32N2O2/c1-14(2)17-16(22-6)9-8-15(18(17)23-7)12-21-11-10-20(5)19(3,4)13-21/h8-9,14H,10-13H2,1-7H3. The Kier molecular flexibility index (Phi) is 5.58. The van der Waals surface area contributed by atoms with Crippen molar-refractivity contribution in [2.24, 2.45) is 0 Å². The molecule has 1 saturated heterocycles. The molecule has 0 aromatic heterocycles. The molecular formula is C19H32N2O2. The highest BCUT2D eigenvalue weighted by atomic mass is 16.5. The van der Waals surface area contributed by atoms with E-state index < -0.39 is 0 Å². The highest BCUT2D eigenvalue weighted by molar-refractivity contribution is 5.51. The summed E-state index contributed by atoms with van der Waals surface area (Å²) in [6.45, 7) is 13.2. The summed E-state index contributed by atoms with van der Waals surface area (Å²) in [7, 11) is 5.70. The fraction of sp³-hybridized carbons (Fsp3) is 0.684. The zero-order valence-corrected chi connectivity index (χ0v) is 15.8. The minimum Gasteiger partial charge on any atom is -0.496 e. The van der Waals surface area contributed by atoms with Gasteiger partial charge in [-0.1, -0.05) is 19.9 Å². The SMILES string of the molecule is COc1ccc(CN2CCN(C)C(C)(C)C2)c(OC)c1C(C)C. The van der Waals surface area contributed by atoms with Crippen molar-refractivity contribution in [3.8, 4) is 11.5 Å². The van der Waals surface area contributed by atoms with E-state index in [-0.39, 0.29) is 5.54 Å². The van der Waals surface area contributed by atoms with Gasteiger partial charge in [-0.15, -0.1) is 0 Å². The van der Waals surface area contributed by atoms with Crippen molar-refractivity contribution in [1.29, 1.82) is 0 Å². The van der Waals surface area contributed by atoms with Gasteiger partial charge in [0.1, 0.15) is 11.5 Å². The Labute approximate surface area is 141 Å². The van der Waals surface area contributed by atoms with Crippen LogP contribution in [0.2, 0.25) is 0 Å². The molecule has 130 valence electrons. The first kappa shape index (κ1) is 18.1. The molecule has 1 aliphatic heterocycles. The zero-order chi connectivity index (χ0) is 17.2. The Morgan fingerprint density at radius 1 is 1.13 bits per heavy atom. The fourth-order valence-electron chi connectivity index (χ4n) is 3.43. The number of likely N-dealkylation sites (N-methyl/N-ethyl adjacent to an activating group) is 1. The largest absolute Gasteiger partial charge is 0.496 e. The maximum atomic E-state index is 5.78. The van der Waals surface area contributed by atoms with Crippen LogP contribution in [-0.2, 0) is 6.54 Å². The van der Waals surface area contributed by atoms with E-state index in [1.807, 2.05) is 0 Å². The quantitative estimate of drug-likeness (QED) is 0.830. The summed E-state index contributed by atoms with van der Waals surface area (Å²) in [5, 5.41) is 0. The van der Waals surface area contributed by atoms with Gasteiger partial charge in [-0.3, -0.25) is 9.80 Å². The molecule has 4 heteroatoms. The summed E-state index contributed by atoms with van der Waals surface area (Å²) >= 11 is 0. The molecule has 1 aromatic rings. The number of nitrogens with zero attached hydrogens (tertiary/aromatic N) is 2. The third-order valence-corrected chi connectivity index (χ3v) is 5.03. The van der Waals surface area contributed by atoms with E-state index in [4.69, 9.17) is 9.47 Å². The number of piperazine rings is 1. The lowest BCUT2D eigenvalue weighted by molar-refractivity contribution is 0.0356. The Balaban J connectivity index is 2.28. The average molecular weight is 320 g/mol. The van der Waals surface area contributed by atoms with Gasteiger partial charge < -0.3 is 9.47 Å². The maximum Gasteiger partial charge on any atom is 0.130 e. The molecule has 0 aliphatic carbocycles. The first-order chi connectivity index (χ1) is 10.8. The van der Waals surface area contributed by atoms with Crippen LogP contribution in [0.1, 0.15) is 44.7 Å². The first-order valence-electron chi connectivity index (χ1n) is 8.47. The van der Waals surface area contributed by atoms with Gasteiger partial charge in [-0.25, -0.2) is 0 Å². The Morgan fingerprint density at radius 2 is 1.83 bits per heavy atom. The van der Waals surface area contributed by atoms with E-state index in [1.54, 1.807) is 14.2 Å². The van der Waals surface area contributed by atoms with E-state index in [9.17, 15) is 0 Å². The Hall–Kier alpha value is -1.26. The van der Waals surface area contributed by atoms with Gasteiger partial charge >= 0.3 is 0 Å². The molecule has 4 nitrogen and oxygen atoms in total. The van der Waals surface area contributed by atoms with Gasteiger partial charge in [-0.05, 0) is 32.9 Å². The molecule has 0 radical (unpaired) electrons. The van der Waals surface area contributed by atoms with E-state index in [2.05, 4.69) is 56.7 Å². The zero-order valence-electron chi connectivity index (χ0n) is 15.8. The number of hydrogen-bond acceptors (Lipinski definition) is 4. The van der Waals surface area contributed by atoms with Crippen LogP contribution in [0.15, 0.2) is 12.1 Å². The number of benzene rings is 1. The van der Waals surface area contributed by atoms with Crippen LogP contribution < -0.4 is 9.47 Å². The molecule has 0 saturated carbocycles. The van der Waals surface area contributed by atoms with Crippen molar-refractivity contribution in [3.05, 3.63) is 23.3 Å². The van der Waals surface area contributed by atoms with Crippen LogP contribution in [0.5, 0.6) is 11.5 Å². The number of methoxy groups -OCH3 is 2. The van der Waals surface area contributed by atoms with Crippen molar-refractivity contribution < 1.29 is 9.47 Å². The third kappa shape index (κ3) is 3.81. The summed E-state index contributed by atoms with van der Waals surface area (Å²) in [6.07, 6.45) is 0. The molecule has 0 bridgehead atoms. The monoisotopic (exact) mass is 320 g/mol. The lowest BCUT2D eigenvalue weighted by Crippen LogP contribution is -2.57. The van der Waals surface area contributed by atoms with Crippen molar-refractivity contribution in [2.75, 3.05) is 40.9 Å². The van der Waals surface area contributed by atoms with E-state index >= 15 is 0 Å². The fourth-order valence-corrected chi connectivity index (χ4v) is 3.43. The van der Waals surface area contributed by atoms with Crippen LogP contribution in [-0.4, -0.2) is 56.2 Å². The van der Waals surface area contributed by atoms with Crippen LogP contribution in [0, 0.1) is 0 Å². The highest BCUT2D eigenvalue weighted by Gasteiger charge is 2.31. The normalized spacial score (nSPS) is 19.1. The molecule has 0 spiro atoms. The summed E-state index contributed by atoms with van der Waals surface area (Å²) in [5.74, 6) is 2.26. The lowest BCUT2D eigenvalue weighted by Gasteiger charge is -2.45. The predicted molar refractivity (Wildman–Crippen MR) is 95.6 cm³/mol. The second-order valence-corrected chi connectivity index (χ2v) is 7.47. The molecule has 0 atom stereocenters. The topological polar surface area (TPSA) is 24.9 Å². The van der Waals surface area contributed by atoms with E-state index in [0.717, 1.165) is 37.7 Å². The van der Waals surface area contributed by atoms with Crippen LogP contribution in [0.25, 0.3) is 0 Å². The summed E-state index contributed by atoms with van der Waals surface area (Å²) in [4.78, 5) is 4.96. The van der Waals surface area contributed by atoms with Gasteiger partial charge in [0.2, 0.25) is 0 Å². The summed E-state index contributed by atoms with van der Waals surface area (Å²) < 4.78 is 11.3. The molecular weight excluding hydrogens is 288 g/mol. The number of hydrogen-bond donors (Lipinski definition) is 0. The maximum absolute atomic E-state index is 5.78. The smallest absolute Gasteiger partial charge is 0.130 e. The molecule has 0 amide bonds. The molecule has 1 aliphatic rings. The van der Waals surface area contributed by atoms with Gasteiger partial charge in [0.15, 0.2) is 0 Å². The predicted octanol–water partition coefficient (Wildman–Crippen LogP) is 3.35. The molecule has 0 N–H and O–H groups in total. The average Bonchev–Trinajstić information content (AvgIpc) is 2.49. The van der Waals surface area contributed by atoms with Gasteiger partial charge in [0, 0.05) is 42.8 Å². The first-order valence-corrected chi connectivity index (χ1v) is 8.47. The summed E-state index contributed by atoms with van der Waals surface area (Å²) in [5.41, 5.74) is 2.62. The van der Waals surface area contributed by atoms with Crippen LogP contribution in [0.4, 0.5) is 0 Å². The minimum atomic E-state index is 0.207. The van der Waals surface area contributed by atoms with Crippen molar-refractivity contribution in [3.63, 3.8) is 0 Å². The number of rotatable bonds is 5. The van der Waals surface area contributed by atoms with Crippen molar-refractivity contribution in [2.45, 2.75) is 45.7 Å². The van der Waals surface area contributed by atoms with Crippen LogP contribution >= 0.6 is 0 Å². The van der Waals surface area contributed by atoms with Crippen molar-refractivity contribution in [1.82, 2.24) is 9.80 Å². The number of ether oxygens (including phenoxy) is 2. The van der Waals surface area contributed by atoms with Crippen molar-refractivity contribution >= 4 is 0 Å². The molecule has 2 rings (SSSR count). The van der Waals surface area contributed by atoms with E-state index in [1.165, 1.54) is 11.1 Å². The molecule has 1 aromatic carbocycles. The van der Waals surface area contributed by atoms with E-state index in [0.29, 0.717) is 5.92 Å². The second-order valence-electron chi connectivity index (χ2n) is 7.47. The van der Waals surface area contributed by atoms with Gasteiger partial charge in [0.05, 0.1) is 14.2 Å². The van der Waals surface area contributed by atoms with Gasteiger partial charge in [-0.2, -0.15) is 0 Å². The Morgan fingerprint density at radius 3 is 2.35 bits per heavy atom. The lowest BCUT2D eigenvalue weighted by atomic mass is 9.96. The molecule has 23 heavy (non-hydrogen) atoms. The Bertz CT molecular complexity index is 540. The summed E-state index contributed by atoms with van der Waals surface area (Å²) in [6, 6.07) is 4.23. The van der Waals surface area contributed by atoms with Gasteiger partial charge in [0.25, 0.3) is 0 Å². The molecule has 0 unspecified atom stereocenters. The third-order valence-electron chi connectivity index (χ3n) is 5.03. The molecule has 1 heterocycles. The van der Waals surface area contributed by atoms with Crippen LogP contribution in [0.3, 0.4) is 0 Å². The second kappa shape index (κ2) is 7.10. The minimum absolute atomic E-state index is 0.207. The molecule has 1 fully saturated rings. The highest BCUT2D eigenvalue weighted by Crippen LogP contribution is 2.38.